The quantitative estimate of drug-likeness (QED) is 0.207. The summed E-state index contributed by atoms with van der Waals surface area (Å²) < 4.78 is 9.76. The first-order chi connectivity index (χ1) is 6.20. The van der Waals surface area contributed by atoms with Crippen LogP contribution in [0.3, 0.4) is 0 Å². The molecule has 0 bridgehead atoms. The molecule has 0 unspecified atom stereocenters. The fraction of sp³-hybridized carbons (Fsp3) is 0.300. The minimum absolute atomic E-state index is 0.210. The van der Waals surface area contributed by atoms with Gasteiger partial charge in [0, 0.05) is 6.08 Å². The Morgan fingerprint density at radius 1 is 1.38 bits per heavy atom. The third-order valence-corrected chi connectivity index (χ3v) is 1.13. The summed E-state index contributed by atoms with van der Waals surface area (Å²) in [5.41, 5.74) is 0. The van der Waals surface area contributed by atoms with Gasteiger partial charge in [0.05, 0.1) is 0 Å². The molecule has 0 fully saturated rings. The standard InChI is InChI=1S/C10H14O3/c1-4-6-9(3)12-7-8-13-10(11)5-2/h4-6H,2-3,7-8H2,1H3/b6-4-. The number of carbonyl (C=O) groups excluding carboxylic acids is 1. The van der Waals surface area contributed by atoms with Crippen LogP contribution in [0.25, 0.3) is 0 Å². The summed E-state index contributed by atoms with van der Waals surface area (Å²) in [6, 6.07) is 0. The maximum absolute atomic E-state index is 10.5. The van der Waals surface area contributed by atoms with Crippen LogP contribution in [0.1, 0.15) is 6.92 Å². The first kappa shape index (κ1) is 11.5. The molecule has 0 heterocycles. The highest BCUT2D eigenvalue weighted by Crippen LogP contribution is 1.94. The number of carbonyl (C=O) groups is 1. The van der Waals surface area contributed by atoms with E-state index in [-0.39, 0.29) is 6.61 Å². The lowest BCUT2D eigenvalue weighted by atomic mass is 10.5. The van der Waals surface area contributed by atoms with Crippen molar-refractivity contribution in [2.75, 3.05) is 13.2 Å². The van der Waals surface area contributed by atoms with Gasteiger partial charge in [-0.15, -0.1) is 0 Å². The summed E-state index contributed by atoms with van der Waals surface area (Å²) in [7, 11) is 0. The molecule has 0 aromatic rings. The lowest BCUT2D eigenvalue weighted by Gasteiger charge is -2.04. The third-order valence-electron chi connectivity index (χ3n) is 1.13. The molecule has 0 aliphatic carbocycles. The van der Waals surface area contributed by atoms with E-state index in [9.17, 15) is 4.79 Å². The van der Waals surface area contributed by atoms with E-state index in [2.05, 4.69) is 17.9 Å². The summed E-state index contributed by atoms with van der Waals surface area (Å²) in [5.74, 6) is 0.109. The van der Waals surface area contributed by atoms with E-state index in [0.717, 1.165) is 6.08 Å². The topological polar surface area (TPSA) is 35.5 Å². The Labute approximate surface area is 78.3 Å². The molecule has 0 saturated heterocycles. The molecule has 0 aromatic carbocycles. The van der Waals surface area contributed by atoms with Gasteiger partial charge < -0.3 is 9.47 Å². The van der Waals surface area contributed by atoms with E-state index in [1.165, 1.54) is 0 Å². The smallest absolute Gasteiger partial charge is 0.330 e. The van der Waals surface area contributed by atoms with Gasteiger partial charge in [-0.05, 0) is 13.0 Å². The van der Waals surface area contributed by atoms with Gasteiger partial charge in [0.15, 0.2) is 0 Å². The zero-order valence-corrected chi connectivity index (χ0v) is 7.79. The van der Waals surface area contributed by atoms with Gasteiger partial charge in [-0.1, -0.05) is 19.2 Å². The fourth-order valence-corrected chi connectivity index (χ4v) is 0.608. The second kappa shape index (κ2) is 7.16. The van der Waals surface area contributed by atoms with Crippen molar-refractivity contribution in [1.82, 2.24) is 0 Å². The largest absolute Gasteiger partial charge is 0.491 e. The van der Waals surface area contributed by atoms with Crippen molar-refractivity contribution in [3.8, 4) is 0 Å². The van der Waals surface area contributed by atoms with Gasteiger partial charge in [0.2, 0.25) is 0 Å². The highest BCUT2D eigenvalue weighted by molar-refractivity contribution is 5.81. The maximum atomic E-state index is 10.5. The molecule has 0 aromatic heterocycles. The number of esters is 1. The Kier molecular flexibility index (Phi) is 6.32. The molecule has 3 heteroatoms. The molecule has 0 N–H and O–H groups in total. The van der Waals surface area contributed by atoms with Crippen molar-refractivity contribution in [2.45, 2.75) is 6.92 Å². The first-order valence-electron chi connectivity index (χ1n) is 3.94. The van der Waals surface area contributed by atoms with Crippen molar-refractivity contribution in [3.63, 3.8) is 0 Å². The molecule has 0 aliphatic heterocycles. The average molecular weight is 182 g/mol. The van der Waals surface area contributed by atoms with Gasteiger partial charge in [-0.2, -0.15) is 0 Å². The van der Waals surface area contributed by atoms with Crippen molar-refractivity contribution < 1.29 is 14.3 Å². The molecule has 0 rings (SSSR count). The first-order valence-corrected chi connectivity index (χ1v) is 3.94. The van der Waals surface area contributed by atoms with E-state index in [1.807, 2.05) is 13.0 Å². The second-order valence-electron chi connectivity index (χ2n) is 2.19. The van der Waals surface area contributed by atoms with E-state index in [1.54, 1.807) is 6.08 Å². The molecule has 72 valence electrons. The van der Waals surface area contributed by atoms with E-state index in [4.69, 9.17) is 4.74 Å². The van der Waals surface area contributed by atoms with Gasteiger partial charge in [-0.3, -0.25) is 0 Å². The normalized spacial score (nSPS) is 9.62. The zero-order valence-electron chi connectivity index (χ0n) is 7.79. The number of hydrogen-bond acceptors (Lipinski definition) is 3. The second-order valence-corrected chi connectivity index (χ2v) is 2.19. The highest BCUT2D eigenvalue weighted by Gasteiger charge is 1.94. The van der Waals surface area contributed by atoms with Crippen LogP contribution < -0.4 is 0 Å². The van der Waals surface area contributed by atoms with Crippen molar-refractivity contribution >= 4 is 5.97 Å². The SMILES string of the molecule is C=CC(=O)OCCOC(=C)/C=C\C. The van der Waals surface area contributed by atoms with Crippen LogP contribution in [-0.4, -0.2) is 19.2 Å². The molecular weight excluding hydrogens is 168 g/mol. The van der Waals surface area contributed by atoms with Gasteiger partial charge in [0.1, 0.15) is 19.0 Å². The third kappa shape index (κ3) is 6.87. The summed E-state index contributed by atoms with van der Waals surface area (Å²) in [6.45, 7) is 9.26. The van der Waals surface area contributed by atoms with Gasteiger partial charge in [-0.25, -0.2) is 4.79 Å². The highest BCUT2D eigenvalue weighted by atomic mass is 16.6. The monoisotopic (exact) mass is 182 g/mol. The Morgan fingerprint density at radius 2 is 2.00 bits per heavy atom. The Morgan fingerprint density at radius 3 is 2.54 bits per heavy atom. The van der Waals surface area contributed by atoms with Gasteiger partial charge >= 0.3 is 5.97 Å². The van der Waals surface area contributed by atoms with Gasteiger partial charge in [0.25, 0.3) is 0 Å². The molecule has 3 nitrogen and oxygen atoms in total. The van der Waals surface area contributed by atoms with E-state index < -0.39 is 5.97 Å². The summed E-state index contributed by atoms with van der Waals surface area (Å²) >= 11 is 0. The molecule has 0 spiro atoms. The summed E-state index contributed by atoms with van der Waals surface area (Å²) in [4.78, 5) is 10.5. The summed E-state index contributed by atoms with van der Waals surface area (Å²) in [5, 5.41) is 0. The molecule has 0 radical (unpaired) electrons. The molecule has 0 amide bonds. The number of rotatable bonds is 6. The number of allylic oxidation sites excluding steroid dienone is 2. The fourth-order valence-electron chi connectivity index (χ4n) is 0.608. The molecular formula is C10H14O3. The summed E-state index contributed by atoms with van der Waals surface area (Å²) in [6.07, 6.45) is 4.66. The minimum Gasteiger partial charge on any atom is -0.491 e. The lowest BCUT2D eigenvalue weighted by molar-refractivity contribution is -0.138. The van der Waals surface area contributed by atoms with E-state index in [0.29, 0.717) is 12.4 Å². The Bertz CT molecular complexity index is 216. The molecule has 0 aliphatic rings. The average Bonchev–Trinajstić information content (AvgIpc) is 2.12. The Hall–Kier alpha value is -1.51. The number of ether oxygens (including phenoxy) is 2. The van der Waals surface area contributed by atoms with Crippen LogP contribution in [0.4, 0.5) is 0 Å². The minimum atomic E-state index is -0.444. The van der Waals surface area contributed by atoms with Crippen LogP contribution >= 0.6 is 0 Å². The predicted molar refractivity (Wildman–Crippen MR) is 51.1 cm³/mol. The van der Waals surface area contributed by atoms with Crippen LogP contribution in [0.5, 0.6) is 0 Å². The van der Waals surface area contributed by atoms with Crippen LogP contribution in [-0.2, 0) is 14.3 Å². The van der Waals surface area contributed by atoms with Crippen LogP contribution in [0.2, 0.25) is 0 Å². The molecule has 0 saturated carbocycles. The van der Waals surface area contributed by atoms with E-state index >= 15 is 0 Å². The van der Waals surface area contributed by atoms with Crippen molar-refractivity contribution in [2.24, 2.45) is 0 Å². The zero-order chi connectivity index (χ0) is 10.1. The van der Waals surface area contributed by atoms with Crippen molar-refractivity contribution in [1.29, 1.82) is 0 Å². The molecule has 0 atom stereocenters. The van der Waals surface area contributed by atoms with Crippen molar-refractivity contribution in [3.05, 3.63) is 37.1 Å². The lowest BCUT2D eigenvalue weighted by Crippen LogP contribution is -2.07. The van der Waals surface area contributed by atoms with Crippen LogP contribution in [0.15, 0.2) is 37.1 Å². The maximum Gasteiger partial charge on any atom is 0.330 e. The Balaban J connectivity index is 3.40. The number of hydrogen-bond donors (Lipinski definition) is 0. The predicted octanol–water partition coefficient (Wildman–Crippen LogP) is 1.82. The van der Waals surface area contributed by atoms with Crippen LogP contribution in [0, 0.1) is 0 Å². The molecule has 13 heavy (non-hydrogen) atoms.